The average Bonchev–Trinajstić information content (AvgIpc) is 1.61. The van der Waals surface area contributed by atoms with Crippen molar-refractivity contribution in [3.63, 3.8) is 0 Å². The number of nitrogens with one attached hydrogen (secondary N) is 2. The number of amides is 2. The van der Waals surface area contributed by atoms with Crippen LogP contribution in [-0.2, 0) is 0 Å². The van der Waals surface area contributed by atoms with Gasteiger partial charge in [0.15, 0.2) is 12.2 Å². The molecule has 0 aliphatic carbocycles. The number of carbonyl (C=O) groups is 2. The van der Waals surface area contributed by atoms with E-state index in [-0.39, 0.29) is 0 Å². The van der Waals surface area contributed by atoms with Gasteiger partial charge < -0.3 is 19.8 Å². The molecule has 0 fully saturated rings. The van der Waals surface area contributed by atoms with E-state index in [0.717, 1.165) is 0 Å². The van der Waals surface area contributed by atoms with E-state index in [1.165, 1.54) is 10.9 Å². The molecule has 0 unspecified atom stereocenters. The number of hydrazine groups is 1. The Morgan fingerprint density at radius 2 is 1.25 bits per heavy atom. The molecule has 0 bridgehead atoms. The van der Waals surface area contributed by atoms with E-state index in [2.05, 4.69) is 0 Å². The molecule has 0 spiro atoms. The second-order valence-corrected chi connectivity index (χ2v) is 0.825. The molecule has 0 heterocycles. The van der Waals surface area contributed by atoms with Crippen molar-refractivity contribution in [3.05, 3.63) is 0 Å². The van der Waals surface area contributed by atoms with Crippen molar-refractivity contribution < 1.29 is 19.8 Å². The highest BCUT2D eigenvalue weighted by Gasteiger charge is 1.77. The molecule has 2 amide bonds. The summed E-state index contributed by atoms with van der Waals surface area (Å²) in [4.78, 5) is 18.7. The van der Waals surface area contributed by atoms with Crippen molar-refractivity contribution in [2.75, 3.05) is 0 Å². The van der Waals surface area contributed by atoms with Gasteiger partial charge in [0.2, 0.25) is 0 Å². The number of carbonyl (C=O) groups excluding carboxylic acids is 2. The minimum absolute atomic E-state index is 1.24. The first-order valence-corrected chi connectivity index (χ1v) is 1.57. The summed E-state index contributed by atoms with van der Waals surface area (Å²) < 4.78 is 0. The third-order valence-corrected chi connectivity index (χ3v) is 0.267. The van der Waals surface area contributed by atoms with Crippen molar-refractivity contribution in [2.45, 2.75) is 0 Å². The van der Waals surface area contributed by atoms with Gasteiger partial charge in [-0.05, 0) is 0 Å². The van der Waals surface area contributed by atoms with Crippen LogP contribution in [0.25, 0.3) is 0 Å². The summed E-state index contributed by atoms with van der Waals surface area (Å²) in [5.41, 5.74) is 2.48. The van der Waals surface area contributed by atoms with Crippen LogP contribution < -0.4 is 21.1 Å². The normalized spacial score (nSPS) is 7.50. The van der Waals surface area contributed by atoms with Gasteiger partial charge in [-0.25, -0.2) is 0 Å². The minimum Gasteiger partial charge on any atom is -0.529 e. The Morgan fingerprint density at radius 1 is 1.00 bits per heavy atom. The second-order valence-electron chi connectivity index (χ2n) is 0.825. The molecule has 6 heteroatoms. The van der Waals surface area contributed by atoms with Gasteiger partial charge in [0.05, 0.1) is 0 Å². The lowest BCUT2D eigenvalue weighted by Gasteiger charge is -2.08. The highest BCUT2D eigenvalue weighted by molar-refractivity contribution is 5.68. The fourth-order valence-electron chi connectivity index (χ4n) is 0.102. The molecule has 0 saturated heterocycles. The molecule has 46 valence electrons. The number of rotatable bonds is 0. The summed E-state index contributed by atoms with van der Waals surface area (Å²) in [6.45, 7) is 0. The third kappa shape index (κ3) is 4.54. The van der Waals surface area contributed by atoms with Crippen LogP contribution >= 0.6 is 0 Å². The van der Waals surface area contributed by atoms with Crippen molar-refractivity contribution in [1.82, 2.24) is 10.9 Å². The zero-order valence-electron chi connectivity index (χ0n) is 3.63. The van der Waals surface area contributed by atoms with E-state index in [1.54, 1.807) is 0 Å². The first-order chi connectivity index (χ1) is 3.63. The summed E-state index contributed by atoms with van der Waals surface area (Å²) in [6.07, 6.45) is -3.46. The highest BCUT2D eigenvalue weighted by Crippen LogP contribution is 1.46. The number of hydrogen-bond acceptors (Lipinski definition) is 4. The summed E-state index contributed by atoms with van der Waals surface area (Å²) in [6, 6.07) is 0. The van der Waals surface area contributed by atoms with Crippen LogP contribution in [0.4, 0.5) is 9.59 Å². The fraction of sp³-hybridized carbons (Fsp3) is 0. The van der Waals surface area contributed by atoms with E-state index >= 15 is 0 Å². The lowest BCUT2D eigenvalue weighted by atomic mass is 11.2. The molecule has 0 atom stereocenters. The number of hydrogen-bond donors (Lipinski definition) is 2. The Bertz CT molecular complexity index is 96.6. The Labute approximate surface area is 44.1 Å². The maximum atomic E-state index is 9.33. The molecule has 0 aliphatic rings. The van der Waals surface area contributed by atoms with Gasteiger partial charge >= 0.3 is 0 Å². The Morgan fingerprint density at radius 3 is 1.38 bits per heavy atom. The first-order valence-electron chi connectivity index (χ1n) is 1.57. The largest absolute Gasteiger partial charge is 0.529 e. The smallest absolute Gasteiger partial charge is 0.153 e. The maximum absolute atomic E-state index is 9.33. The fourth-order valence-corrected chi connectivity index (χ4v) is 0.102. The van der Waals surface area contributed by atoms with Gasteiger partial charge in [-0.1, -0.05) is 0 Å². The molecule has 0 aliphatic heterocycles. The first kappa shape index (κ1) is 6.54. The minimum atomic E-state index is -1.73. The SMILES string of the molecule is O=C([O-])NNC(=O)[O-]. The van der Waals surface area contributed by atoms with Crippen LogP contribution in [0.1, 0.15) is 0 Å². The van der Waals surface area contributed by atoms with Gasteiger partial charge in [-0.15, -0.1) is 0 Å². The Balaban J connectivity index is 3.18. The Hall–Kier alpha value is -1.46. The van der Waals surface area contributed by atoms with Crippen LogP contribution in [0.5, 0.6) is 0 Å². The quantitative estimate of drug-likeness (QED) is 0.326. The monoisotopic (exact) mass is 118 g/mol. The molecule has 8 heavy (non-hydrogen) atoms. The molecule has 0 saturated carbocycles. The van der Waals surface area contributed by atoms with Gasteiger partial charge in [0.25, 0.3) is 0 Å². The second kappa shape index (κ2) is 2.67. The molecule has 2 N–H and O–H groups in total. The lowest BCUT2D eigenvalue weighted by molar-refractivity contribution is -0.263. The van der Waals surface area contributed by atoms with Crippen molar-refractivity contribution >= 4 is 12.2 Å². The highest BCUT2D eigenvalue weighted by atomic mass is 16.4. The van der Waals surface area contributed by atoms with Crippen LogP contribution in [-0.4, -0.2) is 12.2 Å². The van der Waals surface area contributed by atoms with Crippen molar-refractivity contribution in [1.29, 1.82) is 0 Å². The van der Waals surface area contributed by atoms with Crippen LogP contribution in [0.15, 0.2) is 0 Å². The molecule has 0 aromatic carbocycles. The van der Waals surface area contributed by atoms with E-state index in [4.69, 9.17) is 0 Å². The van der Waals surface area contributed by atoms with E-state index in [0.29, 0.717) is 0 Å². The summed E-state index contributed by atoms with van der Waals surface area (Å²) >= 11 is 0. The zero-order valence-corrected chi connectivity index (χ0v) is 3.63. The van der Waals surface area contributed by atoms with Gasteiger partial charge in [-0.2, -0.15) is 0 Å². The summed E-state index contributed by atoms with van der Waals surface area (Å²) in [5, 5.41) is 18.7. The van der Waals surface area contributed by atoms with Gasteiger partial charge in [0.1, 0.15) is 0 Å². The Kier molecular flexibility index (Phi) is 2.18. The van der Waals surface area contributed by atoms with Crippen molar-refractivity contribution in [3.8, 4) is 0 Å². The van der Waals surface area contributed by atoms with Crippen LogP contribution in [0.3, 0.4) is 0 Å². The molecule has 0 aromatic heterocycles. The summed E-state index contributed by atoms with van der Waals surface area (Å²) in [5.74, 6) is 0. The standard InChI is InChI=1S/C2H4N2O4/c5-1(6)3-4-2(7)8/h3-4H,(H,5,6)(H,7,8)/p-2. The molecule has 0 radical (unpaired) electrons. The van der Waals surface area contributed by atoms with E-state index in [9.17, 15) is 19.8 Å². The predicted octanol–water partition coefficient (Wildman–Crippen LogP) is -3.23. The molecule has 0 aromatic rings. The zero-order chi connectivity index (χ0) is 6.57. The van der Waals surface area contributed by atoms with Crippen LogP contribution in [0.2, 0.25) is 0 Å². The average molecular weight is 118 g/mol. The third-order valence-electron chi connectivity index (χ3n) is 0.267. The molecule has 0 rings (SSSR count). The predicted molar refractivity (Wildman–Crippen MR) is 17.1 cm³/mol. The molecular weight excluding hydrogens is 116 g/mol. The molecular formula is C2H2N2O4-2. The summed E-state index contributed by atoms with van der Waals surface area (Å²) in [7, 11) is 0. The van der Waals surface area contributed by atoms with Crippen molar-refractivity contribution in [2.24, 2.45) is 0 Å². The van der Waals surface area contributed by atoms with Gasteiger partial charge in [-0.3, -0.25) is 10.9 Å². The molecule has 6 nitrogen and oxygen atoms in total. The van der Waals surface area contributed by atoms with Gasteiger partial charge in [0, 0.05) is 0 Å². The lowest BCUT2D eigenvalue weighted by Crippen LogP contribution is -2.52. The van der Waals surface area contributed by atoms with Crippen LogP contribution in [0, 0.1) is 0 Å². The van der Waals surface area contributed by atoms with E-state index < -0.39 is 12.2 Å². The number of carboxylic acid groups (broad SMARTS) is 2. The maximum Gasteiger partial charge on any atom is 0.153 e. The van der Waals surface area contributed by atoms with E-state index in [1.807, 2.05) is 0 Å². The topological polar surface area (TPSA) is 104 Å².